The molecular weight excluding hydrogens is 320 g/mol. The molecule has 0 saturated heterocycles. The molecule has 0 aromatic carbocycles. The zero-order chi connectivity index (χ0) is 14.5. The molecule has 2 rings (SSSR count). The molecule has 4 nitrogen and oxygen atoms in total. The topological polar surface area (TPSA) is 58.5 Å². The summed E-state index contributed by atoms with van der Waals surface area (Å²) < 4.78 is 0. The Kier molecular flexibility index (Phi) is 5.06. The van der Waals surface area contributed by atoms with Crippen LogP contribution in [-0.2, 0) is 9.59 Å². The molecule has 1 aliphatic heterocycles. The Labute approximate surface area is 126 Å². The van der Waals surface area contributed by atoms with E-state index in [9.17, 15) is 9.59 Å². The van der Waals surface area contributed by atoms with E-state index in [1.165, 1.54) is 0 Å². The second-order valence-electron chi connectivity index (χ2n) is 4.72. The molecule has 20 heavy (non-hydrogen) atoms. The van der Waals surface area contributed by atoms with Gasteiger partial charge in [-0.3, -0.25) is 9.59 Å². The Bertz CT molecular complexity index is 544. The molecule has 2 aliphatic rings. The minimum absolute atomic E-state index is 0.106. The van der Waals surface area contributed by atoms with E-state index in [1.807, 2.05) is 19.1 Å². The number of nitrogens with one attached hydrogen (secondary N) is 1. The summed E-state index contributed by atoms with van der Waals surface area (Å²) in [5.41, 5.74) is 2.50. The van der Waals surface area contributed by atoms with Crippen LogP contribution in [0, 0.1) is 5.92 Å². The normalized spacial score (nSPS) is 23.0. The maximum Gasteiger partial charge on any atom is 0.248 e. The molecular formula is C15H17BrN2O2. The Hall–Kier alpha value is -1.49. The first kappa shape index (κ1) is 14.9. The summed E-state index contributed by atoms with van der Waals surface area (Å²) in [6.07, 6.45) is 9.31. The van der Waals surface area contributed by atoms with Gasteiger partial charge in [0.05, 0.1) is 5.71 Å². The summed E-state index contributed by atoms with van der Waals surface area (Å²) >= 11 is 3.29. The van der Waals surface area contributed by atoms with Gasteiger partial charge in [0, 0.05) is 29.4 Å². The van der Waals surface area contributed by atoms with Crippen LogP contribution in [0.2, 0.25) is 0 Å². The monoisotopic (exact) mass is 336 g/mol. The van der Waals surface area contributed by atoms with Gasteiger partial charge in [-0.15, -0.1) is 0 Å². The maximum atomic E-state index is 11.6. The number of carbonyl (C=O) groups is 2. The Balaban J connectivity index is 2.16. The van der Waals surface area contributed by atoms with E-state index in [2.05, 4.69) is 26.2 Å². The van der Waals surface area contributed by atoms with E-state index < -0.39 is 0 Å². The fraction of sp³-hybridized carbons (Fsp3) is 0.400. The summed E-state index contributed by atoms with van der Waals surface area (Å²) in [7, 11) is 0. The van der Waals surface area contributed by atoms with Gasteiger partial charge in [-0.05, 0) is 25.0 Å². The van der Waals surface area contributed by atoms with Gasteiger partial charge >= 0.3 is 0 Å². The van der Waals surface area contributed by atoms with E-state index in [4.69, 9.17) is 0 Å². The average molecular weight is 337 g/mol. The number of halogens is 1. The maximum absolute atomic E-state index is 11.6. The third kappa shape index (κ3) is 3.54. The van der Waals surface area contributed by atoms with E-state index in [0.717, 1.165) is 29.4 Å². The molecule has 1 N–H and O–H groups in total. The van der Waals surface area contributed by atoms with Gasteiger partial charge in [-0.25, -0.2) is 4.99 Å². The highest BCUT2D eigenvalue weighted by Gasteiger charge is 2.25. The highest BCUT2D eigenvalue weighted by Crippen LogP contribution is 2.28. The lowest BCUT2D eigenvalue weighted by molar-refractivity contribution is -0.118. The number of hydrogen-bond acceptors (Lipinski definition) is 2. The van der Waals surface area contributed by atoms with Crippen LogP contribution in [0.1, 0.15) is 26.2 Å². The third-order valence-electron chi connectivity index (χ3n) is 3.27. The second kappa shape index (κ2) is 6.79. The van der Waals surface area contributed by atoms with Crippen LogP contribution in [-0.4, -0.2) is 22.9 Å². The van der Waals surface area contributed by atoms with Gasteiger partial charge < -0.3 is 5.32 Å². The number of hydrogen-bond donors (Lipinski definition) is 1. The number of nitrogens with zero attached hydrogens (tertiary/aromatic N) is 1. The minimum Gasteiger partial charge on any atom is -0.325 e. The lowest BCUT2D eigenvalue weighted by Crippen LogP contribution is -2.33. The molecule has 0 radical (unpaired) electrons. The molecule has 1 unspecified atom stereocenters. The molecule has 5 heteroatoms. The number of amides is 2. The van der Waals surface area contributed by atoms with Crippen molar-refractivity contribution in [2.75, 3.05) is 5.33 Å². The van der Waals surface area contributed by atoms with Crippen LogP contribution in [0.15, 0.2) is 40.6 Å². The number of allylic oxidation sites excluding steroid dienone is 3. The van der Waals surface area contributed by atoms with Gasteiger partial charge in [0.25, 0.3) is 0 Å². The van der Waals surface area contributed by atoms with Gasteiger partial charge in [-0.2, -0.15) is 0 Å². The summed E-state index contributed by atoms with van der Waals surface area (Å²) in [5, 5.41) is 3.62. The van der Waals surface area contributed by atoms with Crippen molar-refractivity contribution in [2.24, 2.45) is 10.9 Å². The summed E-state index contributed by atoms with van der Waals surface area (Å²) in [6, 6.07) is 0. The summed E-state index contributed by atoms with van der Waals surface area (Å²) in [5.74, 6) is -0.133. The van der Waals surface area contributed by atoms with Crippen LogP contribution in [0.25, 0.3) is 0 Å². The zero-order valence-corrected chi connectivity index (χ0v) is 12.9. The zero-order valence-electron chi connectivity index (χ0n) is 11.4. The molecule has 0 aromatic heterocycles. The quantitative estimate of drug-likeness (QED) is 0.802. The summed E-state index contributed by atoms with van der Waals surface area (Å²) in [4.78, 5) is 27.3. The number of rotatable bonds is 4. The number of fused-ring (bicyclic) bond motifs is 1. The lowest BCUT2D eigenvalue weighted by Gasteiger charge is -2.26. The number of aliphatic imine (C=N–C) groups is 1. The van der Waals surface area contributed by atoms with Gasteiger partial charge in [-0.1, -0.05) is 34.5 Å². The highest BCUT2D eigenvalue weighted by molar-refractivity contribution is 9.09. The van der Waals surface area contributed by atoms with Crippen LogP contribution in [0.3, 0.4) is 0 Å². The Morgan fingerprint density at radius 1 is 1.45 bits per heavy atom. The fourth-order valence-corrected chi connectivity index (χ4v) is 2.56. The van der Waals surface area contributed by atoms with Crippen LogP contribution >= 0.6 is 15.9 Å². The van der Waals surface area contributed by atoms with Gasteiger partial charge in [0.1, 0.15) is 0 Å². The lowest BCUT2D eigenvalue weighted by atomic mass is 9.86. The first-order chi connectivity index (χ1) is 9.63. The van der Waals surface area contributed by atoms with Crippen molar-refractivity contribution in [1.82, 2.24) is 5.32 Å². The molecule has 106 valence electrons. The molecule has 2 amide bonds. The van der Waals surface area contributed by atoms with Crippen molar-refractivity contribution >= 4 is 33.5 Å². The van der Waals surface area contributed by atoms with Crippen molar-refractivity contribution in [3.63, 3.8) is 0 Å². The standard InChI is InChI=1S/C15H17BrN2O2/c1-2-10-8-15(20)18-13-9-11(5-6-12(10)13)17-14(19)4-3-7-16/h5-6,8-9,12H,2-4,7H2,1H3,(H,18,20). The molecule has 0 saturated carbocycles. The second-order valence-corrected chi connectivity index (χ2v) is 5.51. The van der Waals surface area contributed by atoms with Crippen LogP contribution in [0.4, 0.5) is 0 Å². The number of alkyl halides is 1. The fourth-order valence-electron chi connectivity index (χ4n) is 2.28. The molecule has 1 heterocycles. The summed E-state index contributed by atoms with van der Waals surface area (Å²) in [6.45, 7) is 2.03. The first-order valence-corrected chi connectivity index (χ1v) is 7.85. The molecule has 1 atom stereocenters. The van der Waals surface area contributed by atoms with Crippen molar-refractivity contribution in [3.05, 3.63) is 35.6 Å². The molecule has 0 spiro atoms. The molecule has 0 aromatic rings. The van der Waals surface area contributed by atoms with Crippen molar-refractivity contribution < 1.29 is 9.59 Å². The van der Waals surface area contributed by atoms with E-state index in [-0.39, 0.29) is 17.7 Å². The van der Waals surface area contributed by atoms with E-state index in [1.54, 1.807) is 12.2 Å². The van der Waals surface area contributed by atoms with Crippen LogP contribution < -0.4 is 5.32 Å². The van der Waals surface area contributed by atoms with Crippen molar-refractivity contribution in [3.8, 4) is 0 Å². The number of carbonyl (C=O) groups excluding carboxylic acids is 2. The molecule has 0 bridgehead atoms. The average Bonchev–Trinajstić information content (AvgIpc) is 2.43. The third-order valence-corrected chi connectivity index (χ3v) is 3.83. The SMILES string of the molecule is CCC1=CC(=O)NC2=CC(=NC(=O)CCCBr)C=CC12. The van der Waals surface area contributed by atoms with Crippen molar-refractivity contribution in [2.45, 2.75) is 26.2 Å². The Morgan fingerprint density at radius 3 is 2.95 bits per heavy atom. The van der Waals surface area contributed by atoms with E-state index in [0.29, 0.717) is 12.1 Å². The highest BCUT2D eigenvalue weighted by atomic mass is 79.9. The van der Waals surface area contributed by atoms with Gasteiger partial charge in [0.2, 0.25) is 11.8 Å². The minimum atomic E-state index is -0.132. The first-order valence-electron chi connectivity index (χ1n) is 6.72. The predicted molar refractivity (Wildman–Crippen MR) is 82.7 cm³/mol. The van der Waals surface area contributed by atoms with Crippen LogP contribution in [0.5, 0.6) is 0 Å². The smallest absolute Gasteiger partial charge is 0.248 e. The predicted octanol–water partition coefficient (Wildman–Crippen LogP) is 2.67. The largest absolute Gasteiger partial charge is 0.325 e. The van der Waals surface area contributed by atoms with Crippen molar-refractivity contribution in [1.29, 1.82) is 0 Å². The molecule has 0 fully saturated rings. The Morgan fingerprint density at radius 2 is 2.25 bits per heavy atom. The van der Waals surface area contributed by atoms with Gasteiger partial charge in [0.15, 0.2) is 0 Å². The molecule has 1 aliphatic carbocycles. The van der Waals surface area contributed by atoms with E-state index >= 15 is 0 Å².